The maximum Gasteiger partial charge on any atom is 0.0601 e. The summed E-state index contributed by atoms with van der Waals surface area (Å²) in [6, 6.07) is 23.2. The highest BCUT2D eigenvalue weighted by Gasteiger charge is 2.26. The first kappa shape index (κ1) is 21.1. The van der Waals surface area contributed by atoms with Gasteiger partial charge in [-0.25, -0.2) is 0 Å². The van der Waals surface area contributed by atoms with Gasteiger partial charge in [0.1, 0.15) is 0 Å². The minimum Gasteiger partial charge on any atom is -0.308 e. The van der Waals surface area contributed by atoms with E-state index in [4.69, 9.17) is 0 Å². The number of unbranched alkanes of at least 4 members (excludes halogenated alkanes) is 1. The topological polar surface area (TPSA) is 3.24 Å². The van der Waals surface area contributed by atoms with Crippen molar-refractivity contribution < 1.29 is 0 Å². The van der Waals surface area contributed by atoms with E-state index in [2.05, 4.69) is 100 Å². The number of anilines is 3. The second-order valence-corrected chi connectivity index (χ2v) is 10.1. The molecule has 30 heavy (non-hydrogen) atoms. The summed E-state index contributed by atoms with van der Waals surface area (Å²) in [7, 11) is 0. The van der Waals surface area contributed by atoms with Gasteiger partial charge in [0.25, 0.3) is 0 Å². The number of nitrogens with zero attached hydrogens (tertiary/aromatic N) is 1. The van der Waals surface area contributed by atoms with Crippen LogP contribution < -0.4 is 4.90 Å². The summed E-state index contributed by atoms with van der Waals surface area (Å²) in [6.07, 6.45) is 3.65. The lowest BCUT2D eigenvalue weighted by atomic mass is 10.0. The number of hydrogen-bond acceptors (Lipinski definition) is 2. The SMILES string of the molecule is CCCCc1ccc(N2c3ccc(C(C)C)cc3Sc3cc(C(C)C)ccc32)cc1. The third-order valence-corrected chi connectivity index (χ3v) is 7.11. The Balaban J connectivity index is 1.81. The zero-order chi connectivity index (χ0) is 21.3. The molecule has 0 saturated carbocycles. The Morgan fingerprint density at radius 1 is 0.733 bits per heavy atom. The molecule has 156 valence electrons. The Morgan fingerprint density at radius 3 is 1.73 bits per heavy atom. The molecular weight excluding hydrogens is 382 g/mol. The molecule has 1 aliphatic rings. The Morgan fingerprint density at radius 2 is 1.27 bits per heavy atom. The van der Waals surface area contributed by atoms with Gasteiger partial charge in [-0.05, 0) is 77.8 Å². The second kappa shape index (κ2) is 8.89. The molecule has 0 aliphatic carbocycles. The summed E-state index contributed by atoms with van der Waals surface area (Å²) in [4.78, 5) is 5.15. The fourth-order valence-electron chi connectivity index (χ4n) is 4.03. The van der Waals surface area contributed by atoms with E-state index in [1.165, 1.54) is 56.4 Å². The van der Waals surface area contributed by atoms with Gasteiger partial charge in [0.15, 0.2) is 0 Å². The first-order valence-electron chi connectivity index (χ1n) is 11.3. The highest BCUT2D eigenvalue weighted by Crippen LogP contribution is 2.52. The summed E-state index contributed by atoms with van der Waals surface area (Å²) in [5.41, 5.74) is 8.05. The van der Waals surface area contributed by atoms with Crippen LogP contribution in [-0.4, -0.2) is 0 Å². The molecule has 1 nitrogen and oxygen atoms in total. The number of hydrogen-bond donors (Lipinski definition) is 0. The molecule has 1 aliphatic heterocycles. The summed E-state index contributed by atoms with van der Waals surface area (Å²) >= 11 is 1.92. The molecule has 1 heterocycles. The minimum atomic E-state index is 0.533. The number of fused-ring (bicyclic) bond motifs is 2. The minimum absolute atomic E-state index is 0.533. The number of rotatable bonds is 6. The van der Waals surface area contributed by atoms with Crippen LogP contribution in [0.5, 0.6) is 0 Å². The Bertz CT molecular complexity index is 960. The molecule has 0 fully saturated rings. The van der Waals surface area contributed by atoms with Crippen LogP contribution in [0.15, 0.2) is 70.5 Å². The summed E-state index contributed by atoms with van der Waals surface area (Å²) in [5, 5.41) is 0. The molecule has 4 rings (SSSR count). The lowest BCUT2D eigenvalue weighted by molar-refractivity contribution is 0.795. The van der Waals surface area contributed by atoms with Crippen molar-refractivity contribution in [2.75, 3.05) is 4.90 Å². The van der Waals surface area contributed by atoms with Crippen molar-refractivity contribution in [3.63, 3.8) is 0 Å². The summed E-state index contributed by atoms with van der Waals surface area (Å²) in [5.74, 6) is 1.07. The van der Waals surface area contributed by atoms with Crippen LogP contribution in [0, 0.1) is 0 Å². The van der Waals surface area contributed by atoms with Gasteiger partial charge in [-0.3, -0.25) is 0 Å². The van der Waals surface area contributed by atoms with E-state index in [-0.39, 0.29) is 0 Å². The summed E-state index contributed by atoms with van der Waals surface area (Å²) < 4.78 is 0. The van der Waals surface area contributed by atoms with Gasteiger partial charge >= 0.3 is 0 Å². The maximum atomic E-state index is 2.44. The first-order chi connectivity index (χ1) is 14.5. The monoisotopic (exact) mass is 415 g/mol. The molecule has 0 unspecified atom stereocenters. The average Bonchev–Trinajstić information content (AvgIpc) is 2.75. The van der Waals surface area contributed by atoms with Crippen molar-refractivity contribution in [2.24, 2.45) is 0 Å². The molecular formula is C28H33NS. The molecule has 0 N–H and O–H groups in total. The van der Waals surface area contributed by atoms with Crippen molar-refractivity contribution in [1.82, 2.24) is 0 Å². The Labute approximate surface area is 186 Å². The van der Waals surface area contributed by atoms with Crippen LogP contribution >= 0.6 is 11.8 Å². The highest BCUT2D eigenvalue weighted by molar-refractivity contribution is 7.99. The largest absolute Gasteiger partial charge is 0.308 e. The molecule has 0 saturated heterocycles. The van der Waals surface area contributed by atoms with E-state index in [0.717, 1.165) is 6.42 Å². The van der Waals surface area contributed by atoms with Gasteiger partial charge in [0.2, 0.25) is 0 Å². The van der Waals surface area contributed by atoms with Gasteiger partial charge < -0.3 is 4.90 Å². The standard InChI is InChI=1S/C28H33NS/c1-6-7-8-21-9-13-24(14-10-21)29-25-15-11-22(19(2)3)17-27(25)30-28-18-23(20(4)5)12-16-26(28)29/h9-20H,6-8H2,1-5H3. The van der Waals surface area contributed by atoms with E-state index in [1.807, 2.05) is 11.8 Å². The number of aryl methyl sites for hydroxylation is 1. The predicted octanol–water partition coefficient (Wildman–Crippen LogP) is 9.21. The predicted molar refractivity (Wildman–Crippen MR) is 132 cm³/mol. The quantitative estimate of drug-likeness (QED) is 0.309. The molecule has 0 bridgehead atoms. The van der Waals surface area contributed by atoms with Crippen molar-refractivity contribution in [1.29, 1.82) is 0 Å². The van der Waals surface area contributed by atoms with Crippen LogP contribution in [0.25, 0.3) is 0 Å². The molecule has 0 radical (unpaired) electrons. The van der Waals surface area contributed by atoms with E-state index < -0.39 is 0 Å². The first-order valence-corrected chi connectivity index (χ1v) is 12.1. The molecule has 0 atom stereocenters. The smallest absolute Gasteiger partial charge is 0.0601 e. The third kappa shape index (κ3) is 4.16. The fraction of sp³-hybridized carbons (Fsp3) is 0.357. The van der Waals surface area contributed by atoms with Gasteiger partial charge in [0, 0.05) is 15.5 Å². The van der Waals surface area contributed by atoms with Crippen molar-refractivity contribution in [2.45, 2.75) is 75.5 Å². The van der Waals surface area contributed by atoms with Gasteiger partial charge in [-0.1, -0.05) is 77.1 Å². The molecule has 0 aromatic heterocycles. The van der Waals surface area contributed by atoms with Crippen LogP contribution in [-0.2, 0) is 6.42 Å². The van der Waals surface area contributed by atoms with Crippen LogP contribution in [0.2, 0.25) is 0 Å². The van der Waals surface area contributed by atoms with Crippen molar-refractivity contribution in [3.05, 3.63) is 77.4 Å². The Hall–Kier alpha value is -2.19. The normalized spacial score (nSPS) is 13.0. The van der Waals surface area contributed by atoms with Crippen LogP contribution in [0.1, 0.15) is 76.0 Å². The number of benzene rings is 3. The van der Waals surface area contributed by atoms with Gasteiger partial charge in [-0.15, -0.1) is 0 Å². The van der Waals surface area contributed by atoms with E-state index in [0.29, 0.717) is 11.8 Å². The average molecular weight is 416 g/mol. The Kier molecular flexibility index (Phi) is 6.24. The van der Waals surface area contributed by atoms with Crippen molar-refractivity contribution in [3.8, 4) is 0 Å². The van der Waals surface area contributed by atoms with E-state index in [9.17, 15) is 0 Å². The molecule has 0 amide bonds. The van der Waals surface area contributed by atoms with Crippen molar-refractivity contribution >= 4 is 28.8 Å². The lowest BCUT2D eigenvalue weighted by Crippen LogP contribution is -2.15. The maximum absolute atomic E-state index is 2.44. The van der Waals surface area contributed by atoms with Gasteiger partial charge in [0.05, 0.1) is 11.4 Å². The second-order valence-electron chi connectivity index (χ2n) is 8.97. The highest BCUT2D eigenvalue weighted by atomic mass is 32.2. The zero-order valence-electron chi connectivity index (χ0n) is 18.9. The third-order valence-electron chi connectivity index (χ3n) is 6.02. The molecule has 3 aromatic rings. The van der Waals surface area contributed by atoms with E-state index in [1.54, 1.807) is 0 Å². The molecule has 2 heteroatoms. The van der Waals surface area contributed by atoms with E-state index >= 15 is 0 Å². The van der Waals surface area contributed by atoms with Gasteiger partial charge in [-0.2, -0.15) is 0 Å². The van der Waals surface area contributed by atoms with Crippen LogP contribution in [0.3, 0.4) is 0 Å². The molecule has 3 aromatic carbocycles. The molecule has 0 spiro atoms. The fourth-order valence-corrected chi connectivity index (χ4v) is 5.19. The zero-order valence-corrected chi connectivity index (χ0v) is 19.7. The lowest BCUT2D eigenvalue weighted by Gasteiger charge is -2.34. The summed E-state index contributed by atoms with van der Waals surface area (Å²) in [6.45, 7) is 11.3. The van der Waals surface area contributed by atoms with Crippen LogP contribution in [0.4, 0.5) is 17.1 Å².